The van der Waals surface area contributed by atoms with E-state index in [-0.39, 0.29) is 6.42 Å². The van der Waals surface area contributed by atoms with E-state index in [1.165, 1.54) is 54.4 Å². The summed E-state index contributed by atoms with van der Waals surface area (Å²) in [5.74, 6) is -0.00810. The lowest BCUT2D eigenvalue weighted by Gasteiger charge is -2.28. The predicted octanol–water partition coefficient (Wildman–Crippen LogP) is 6.07. The summed E-state index contributed by atoms with van der Waals surface area (Å²) in [5.41, 5.74) is 8.75. The normalized spacial score (nSPS) is 17.4. The standard InChI is InChI=1S/C29H38N2O3/c1-3-23-17-22(9-12-28(23)24-7-5-4-6-8-24)20-34-30-21(2)25-10-11-27-19-31(16-14-29(32)33)15-13-26(27)18-25/h9-12,17-18,24H,3-8,13-16,19-20H2,1-2H3,(H,32,33)/b30-21+. The van der Waals surface area contributed by atoms with Crippen molar-refractivity contribution in [2.75, 3.05) is 13.1 Å². The molecule has 0 amide bonds. The average molecular weight is 463 g/mol. The number of carbonyl (C=O) groups is 1. The van der Waals surface area contributed by atoms with Gasteiger partial charge in [0.1, 0.15) is 6.61 Å². The molecular formula is C29H38N2O3. The van der Waals surface area contributed by atoms with Gasteiger partial charge in [0.05, 0.1) is 12.1 Å². The van der Waals surface area contributed by atoms with Crippen LogP contribution in [0.2, 0.25) is 0 Å². The topological polar surface area (TPSA) is 62.1 Å². The third-order valence-electron chi connectivity index (χ3n) is 7.42. The maximum atomic E-state index is 10.8. The Kier molecular flexibility index (Phi) is 8.39. The number of nitrogens with zero attached hydrogens (tertiary/aromatic N) is 2. The fourth-order valence-corrected chi connectivity index (χ4v) is 5.40. The molecule has 182 valence electrons. The van der Waals surface area contributed by atoms with E-state index < -0.39 is 5.97 Å². The van der Waals surface area contributed by atoms with Crippen LogP contribution in [-0.2, 0) is 35.6 Å². The third-order valence-corrected chi connectivity index (χ3v) is 7.42. The number of rotatable bonds is 9. The van der Waals surface area contributed by atoms with E-state index in [0.29, 0.717) is 13.2 Å². The zero-order valence-electron chi connectivity index (χ0n) is 20.7. The van der Waals surface area contributed by atoms with Gasteiger partial charge in [0.2, 0.25) is 0 Å². The summed E-state index contributed by atoms with van der Waals surface area (Å²) in [6.07, 6.45) is 8.95. The monoisotopic (exact) mass is 462 g/mol. The summed E-state index contributed by atoms with van der Waals surface area (Å²) < 4.78 is 0. The van der Waals surface area contributed by atoms with Gasteiger partial charge in [-0.2, -0.15) is 0 Å². The number of benzene rings is 2. The molecular weight excluding hydrogens is 424 g/mol. The highest BCUT2D eigenvalue weighted by Crippen LogP contribution is 2.35. The predicted molar refractivity (Wildman–Crippen MR) is 136 cm³/mol. The van der Waals surface area contributed by atoms with Crippen LogP contribution in [0.3, 0.4) is 0 Å². The van der Waals surface area contributed by atoms with Gasteiger partial charge in [0.25, 0.3) is 0 Å². The summed E-state index contributed by atoms with van der Waals surface area (Å²) in [5, 5.41) is 13.3. The lowest BCUT2D eigenvalue weighted by atomic mass is 9.81. The first-order valence-corrected chi connectivity index (χ1v) is 12.9. The fraction of sp³-hybridized carbons (Fsp3) is 0.517. The minimum Gasteiger partial charge on any atom is -0.481 e. The van der Waals surface area contributed by atoms with Gasteiger partial charge in [-0.25, -0.2) is 0 Å². The van der Waals surface area contributed by atoms with Gasteiger partial charge in [0.15, 0.2) is 0 Å². The van der Waals surface area contributed by atoms with Gasteiger partial charge < -0.3 is 9.94 Å². The molecule has 4 rings (SSSR count). The zero-order valence-corrected chi connectivity index (χ0v) is 20.7. The van der Waals surface area contributed by atoms with E-state index in [4.69, 9.17) is 9.94 Å². The van der Waals surface area contributed by atoms with Gasteiger partial charge >= 0.3 is 5.97 Å². The largest absolute Gasteiger partial charge is 0.481 e. The molecule has 5 nitrogen and oxygen atoms in total. The highest BCUT2D eigenvalue weighted by atomic mass is 16.6. The van der Waals surface area contributed by atoms with Crippen molar-refractivity contribution in [1.82, 2.24) is 4.90 Å². The number of carboxylic acid groups (broad SMARTS) is 1. The van der Waals surface area contributed by atoms with Crippen LogP contribution in [0.4, 0.5) is 0 Å². The Balaban J connectivity index is 1.35. The molecule has 1 aliphatic heterocycles. The van der Waals surface area contributed by atoms with Crippen molar-refractivity contribution in [2.24, 2.45) is 5.16 Å². The second kappa shape index (κ2) is 11.7. The van der Waals surface area contributed by atoms with E-state index in [1.54, 1.807) is 5.56 Å². The van der Waals surface area contributed by atoms with Gasteiger partial charge in [-0.3, -0.25) is 9.69 Å². The Morgan fingerprint density at radius 3 is 2.71 bits per heavy atom. The van der Waals surface area contributed by atoms with Crippen molar-refractivity contribution in [1.29, 1.82) is 0 Å². The summed E-state index contributed by atoms with van der Waals surface area (Å²) in [7, 11) is 0. The zero-order chi connectivity index (χ0) is 23.9. The number of oxime groups is 1. The van der Waals surface area contributed by atoms with E-state index in [1.807, 2.05) is 6.92 Å². The molecule has 0 saturated heterocycles. The lowest BCUT2D eigenvalue weighted by Crippen LogP contribution is -2.32. The fourth-order valence-electron chi connectivity index (χ4n) is 5.40. The van der Waals surface area contributed by atoms with Crippen molar-refractivity contribution in [3.05, 3.63) is 69.8 Å². The molecule has 0 unspecified atom stereocenters. The van der Waals surface area contributed by atoms with Crippen LogP contribution >= 0.6 is 0 Å². The van der Waals surface area contributed by atoms with Crippen molar-refractivity contribution < 1.29 is 14.7 Å². The van der Waals surface area contributed by atoms with Crippen molar-refractivity contribution in [3.63, 3.8) is 0 Å². The summed E-state index contributed by atoms with van der Waals surface area (Å²) in [6, 6.07) is 13.3. The van der Waals surface area contributed by atoms with Crippen LogP contribution in [0.25, 0.3) is 0 Å². The molecule has 0 bridgehead atoms. The second-order valence-electron chi connectivity index (χ2n) is 9.83. The molecule has 1 aliphatic carbocycles. The van der Waals surface area contributed by atoms with E-state index >= 15 is 0 Å². The summed E-state index contributed by atoms with van der Waals surface area (Å²) in [4.78, 5) is 18.8. The second-order valence-corrected chi connectivity index (χ2v) is 9.83. The molecule has 0 atom stereocenters. The van der Waals surface area contributed by atoms with Crippen LogP contribution in [0, 0.1) is 0 Å². The highest BCUT2D eigenvalue weighted by molar-refractivity contribution is 5.98. The van der Waals surface area contributed by atoms with Gasteiger partial charge in [0, 0.05) is 19.6 Å². The van der Waals surface area contributed by atoms with Crippen LogP contribution < -0.4 is 0 Å². The molecule has 2 aliphatic rings. The lowest BCUT2D eigenvalue weighted by molar-refractivity contribution is -0.137. The summed E-state index contributed by atoms with van der Waals surface area (Å²) in [6.45, 7) is 7.04. The Morgan fingerprint density at radius 1 is 1.12 bits per heavy atom. The maximum absolute atomic E-state index is 10.8. The van der Waals surface area contributed by atoms with Crippen molar-refractivity contribution >= 4 is 11.7 Å². The number of hydrogen-bond donors (Lipinski definition) is 1. The number of aliphatic carboxylic acids is 1. The molecule has 5 heteroatoms. The molecule has 34 heavy (non-hydrogen) atoms. The van der Waals surface area contributed by atoms with Gasteiger partial charge in [-0.05, 0) is 78.0 Å². The molecule has 0 aromatic heterocycles. The highest BCUT2D eigenvalue weighted by Gasteiger charge is 2.19. The number of carboxylic acids is 1. The van der Waals surface area contributed by atoms with Crippen molar-refractivity contribution in [2.45, 2.75) is 84.3 Å². The first-order valence-electron chi connectivity index (χ1n) is 12.9. The first kappa shape index (κ1) is 24.5. The smallest absolute Gasteiger partial charge is 0.304 e. The third kappa shape index (κ3) is 6.26. The number of aryl methyl sites for hydroxylation is 1. The molecule has 1 N–H and O–H groups in total. The molecule has 1 heterocycles. The molecule has 1 fully saturated rings. The number of fused-ring (bicyclic) bond motifs is 1. The Morgan fingerprint density at radius 2 is 1.94 bits per heavy atom. The van der Waals surface area contributed by atoms with E-state index in [9.17, 15) is 4.79 Å². The molecule has 2 aromatic carbocycles. The maximum Gasteiger partial charge on any atom is 0.304 e. The van der Waals surface area contributed by atoms with Crippen LogP contribution in [0.1, 0.15) is 91.7 Å². The number of hydrogen-bond acceptors (Lipinski definition) is 4. The Labute approximate surface area is 203 Å². The van der Waals surface area contributed by atoms with Crippen LogP contribution in [-0.4, -0.2) is 34.8 Å². The molecule has 0 spiro atoms. The molecule has 2 aromatic rings. The quantitative estimate of drug-likeness (QED) is 0.363. The van der Waals surface area contributed by atoms with E-state index in [0.717, 1.165) is 43.1 Å². The Bertz CT molecular complexity index is 1020. The molecule has 0 radical (unpaired) electrons. The van der Waals surface area contributed by atoms with E-state index in [2.05, 4.69) is 53.4 Å². The molecule has 1 saturated carbocycles. The van der Waals surface area contributed by atoms with Crippen LogP contribution in [0.15, 0.2) is 41.6 Å². The average Bonchev–Trinajstić information content (AvgIpc) is 2.87. The van der Waals surface area contributed by atoms with Crippen LogP contribution in [0.5, 0.6) is 0 Å². The van der Waals surface area contributed by atoms with Gasteiger partial charge in [-0.15, -0.1) is 0 Å². The summed E-state index contributed by atoms with van der Waals surface area (Å²) >= 11 is 0. The minimum atomic E-state index is -0.737. The SMILES string of the molecule is CCc1cc(CO/N=C(\C)c2ccc3c(c2)CCN(CCC(=O)O)C3)ccc1C1CCCCC1. The van der Waals surface area contributed by atoms with Gasteiger partial charge in [-0.1, -0.05) is 61.7 Å². The first-order chi connectivity index (χ1) is 16.5. The van der Waals surface area contributed by atoms with Crippen molar-refractivity contribution in [3.8, 4) is 0 Å². The Hall–Kier alpha value is -2.66. The minimum absolute atomic E-state index is 0.194.